The van der Waals surface area contributed by atoms with Crippen molar-refractivity contribution in [2.75, 3.05) is 5.73 Å². The van der Waals surface area contributed by atoms with Crippen LogP contribution in [-0.4, -0.2) is 9.55 Å². The van der Waals surface area contributed by atoms with Crippen molar-refractivity contribution in [3.8, 4) is 0 Å². The number of benzene rings is 1. The maximum atomic E-state index is 5.95. The third-order valence-electron chi connectivity index (χ3n) is 2.71. The number of hydrogen-bond donors (Lipinski definition) is 1. The summed E-state index contributed by atoms with van der Waals surface area (Å²) in [6, 6.07) is 5.60. The summed E-state index contributed by atoms with van der Waals surface area (Å²) in [7, 11) is 0. The molecule has 0 radical (unpaired) electrons. The van der Waals surface area contributed by atoms with E-state index in [0.29, 0.717) is 10.9 Å². The number of imidazole rings is 1. The molecule has 0 unspecified atom stereocenters. The molecule has 0 saturated heterocycles. The Labute approximate surface area is 106 Å². The molecule has 4 heteroatoms. The fourth-order valence-corrected chi connectivity index (χ4v) is 2.03. The number of nitrogen functional groups attached to an aromatic ring is 1. The van der Waals surface area contributed by atoms with Gasteiger partial charge in [0, 0.05) is 29.0 Å². The summed E-state index contributed by atoms with van der Waals surface area (Å²) in [5.41, 5.74) is 7.73. The standard InChI is InChI=1S/C13H16ClN3/c1-9(2)13-16-5-6-17(13)8-10-3-4-11(14)7-12(10)15/h3-7,9H,8,15H2,1-2H3. The van der Waals surface area contributed by atoms with E-state index in [4.69, 9.17) is 17.3 Å². The average Bonchev–Trinajstić information content (AvgIpc) is 2.70. The molecule has 3 nitrogen and oxygen atoms in total. The van der Waals surface area contributed by atoms with E-state index in [-0.39, 0.29) is 0 Å². The van der Waals surface area contributed by atoms with Gasteiger partial charge < -0.3 is 10.3 Å². The maximum Gasteiger partial charge on any atom is 0.111 e. The Bertz CT molecular complexity index is 517. The number of rotatable bonds is 3. The van der Waals surface area contributed by atoms with Gasteiger partial charge >= 0.3 is 0 Å². The Kier molecular flexibility index (Phi) is 3.38. The zero-order chi connectivity index (χ0) is 12.4. The Balaban J connectivity index is 2.28. The molecular weight excluding hydrogens is 234 g/mol. The molecule has 0 amide bonds. The van der Waals surface area contributed by atoms with Gasteiger partial charge in [-0.1, -0.05) is 31.5 Å². The third kappa shape index (κ3) is 2.61. The van der Waals surface area contributed by atoms with Crippen molar-refractivity contribution in [2.24, 2.45) is 0 Å². The topological polar surface area (TPSA) is 43.8 Å². The van der Waals surface area contributed by atoms with Crippen LogP contribution in [0.2, 0.25) is 5.02 Å². The van der Waals surface area contributed by atoms with E-state index in [2.05, 4.69) is 23.4 Å². The molecule has 2 aromatic rings. The van der Waals surface area contributed by atoms with Gasteiger partial charge in [-0.05, 0) is 17.7 Å². The van der Waals surface area contributed by atoms with Crippen molar-refractivity contribution < 1.29 is 0 Å². The maximum absolute atomic E-state index is 5.95. The van der Waals surface area contributed by atoms with Crippen LogP contribution in [-0.2, 0) is 6.54 Å². The number of halogens is 1. The molecule has 1 heterocycles. The smallest absolute Gasteiger partial charge is 0.111 e. The Hall–Kier alpha value is -1.48. The lowest BCUT2D eigenvalue weighted by Gasteiger charge is -2.12. The molecule has 17 heavy (non-hydrogen) atoms. The summed E-state index contributed by atoms with van der Waals surface area (Å²) in [6.07, 6.45) is 3.80. The highest BCUT2D eigenvalue weighted by molar-refractivity contribution is 6.30. The van der Waals surface area contributed by atoms with Crippen LogP contribution in [0.4, 0.5) is 5.69 Å². The summed E-state index contributed by atoms with van der Waals surface area (Å²) < 4.78 is 2.12. The SMILES string of the molecule is CC(C)c1nccn1Cc1ccc(Cl)cc1N. The predicted octanol–water partition coefficient (Wildman–Crippen LogP) is 3.29. The average molecular weight is 250 g/mol. The van der Waals surface area contributed by atoms with Crippen LogP contribution in [0.5, 0.6) is 0 Å². The van der Waals surface area contributed by atoms with Crippen molar-refractivity contribution in [1.29, 1.82) is 0 Å². The highest BCUT2D eigenvalue weighted by Gasteiger charge is 2.08. The van der Waals surface area contributed by atoms with Gasteiger partial charge in [0.1, 0.15) is 5.82 Å². The van der Waals surface area contributed by atoms with Crippen molar-refractivity contribution in [1.82, 2.24) is 9.55 Å². The number of nitrogens with zero attached hydrogens (tertiary/aromatic N) is 2. The first-order chi connectivity index (χ1) is 8.08. The lowest BCUT2D eigenvalue weighted by molar-refractivity contribution is 0.670. The molecule has 90 valence electrons. The van der Waals surface area contributed by atoms with E-state index < -0.39 is 0 Å². The minimum Gasteiger partial charge on any atom is -0.398 e. The first-order valence-corrected chi connectivity index (χ1v) is 6.00. The normalized spacial score (nSPS) is 11.1. The first kappa shape index (κ1) is 12.0. The van der Waals surface area contributed by atoms with Crippen LogP contribution in [0.15, 0.2) is 30.6 Å². The highest BCUT2D eigenvalue weighted by atomic mass is 35.5. The number of hydrogen-bond acceptors (Lipinski definition) is 2. The molecule has 1 aromatic heterocycles. The highest BCUT2D eigenvalue weighted by Crippen LogP contribution is 2.20. The molecule has 0 saturated carbocycles. The lowest BCUT2D eigenvalue weighted by Crippen LogP contribution is -2.07. The van der Waals surface area contributed by atoms with Gasteiger partial charge in [-0.15, -0.1) is 0 Å². The van der Waals surface area contributed by atoms with E-state index >= 15 is 0 Å². The lowest BCUT2D eigenvalue weighted by atomic mass is 10.1. The van der Waals surface area contributed by atoms with E-state index in [1.54, 1.807) is 6.07 Å². The zero-order valence-electron chi connectivity index (χ0n) is 10.0. The van der Waals surface area contributed by atoms with Crippen LogP contribution in [0.25, 0.3) is 0 Å². The fraction of sp³-hybridized carbons (Fsp3) is 0.308. The molecule has 2 N–H and O–H groups in total. The van der Waals surface area contributed by atoms with Gasteiger partial charge in [-0.2, -0.15) is 0 Å². The molecule has 0 aliphatic heterocycles. The monoisotopic (exact) mass is 249 g/mol. The largest absolute Gasteiger partial charge is 0.398 e. The Morgan fingerprint density at radius 2 is 2.18 bits per heavy atom. The van der Waals surface area contributed by atoms with Gasteiger partial charge in [-0.25, -0.2) is 4.98 Å². The summed E-state index contributed by atoms with van der Waals surface area (Å²) in [5.74, 6) is 1.47. The minimum atomic E-state index is 0.401. The molecule has 0 aliphatic carbocycles. The molecule has 2 rings (SSSR count). The summed E-state index contributed by atoms with van der Waals surface area (Å²) >= 11 is 5.88. The van der Waals surface area contributed by atoms with Gasteiger partial charge in [0.2, 0.25) is 0 Å². The quantitative estimate of drug-likeness (QED) is 0.849. The summed E-state index contributed by atoms with van der Waals surface area (Å²) in [4.78, 5) is 4.36. The summed E-state index contributed by atoms with van der Waals surface area (Å²) in [6.45, 7) is 4.99. The molecule has 0 spiro atoms. The third-order valence-corrected chi connectivity index (χ3v) is 2.95. The number of anilines is 1. The zero-order valence-corrected chi connectivity index (χ0v) is 10.8. The van der Waals surface area contributed by atoms with Crippen LogP contribution >= 0.6 is 11.6 Å². The van der Waals surface area contributed by atoms with Crippen molar-refractivity contribution >= 4 is 17.3 Å². The number of aromatic nitrogens is 2. The van der Waals surface area contributed by atoms with Crippen LogP contribution in [0.1, 0.15) is 31.2 Å². The number of nitrogens with two attached hydrogens (primary N) is 1. The van der Waals surface area contributed by atoms with Crippen LogP contribution < -0.4 is 5.73 Å². The Morgan fingerprint density at radius 1 is 1.41 bits per heavy atom. The van der Waals surface area contributed by atoms with Gasteiger partial charge in [-0.3, -0.25) is 0 Å². The van der Waals surface area contributed by atoms with Crippen LogP contribution in [0, 0.1) is 0 Å². The van der Waals surface area contributed by atoms with E-state index in [0.717, 1.165) is 23.6 Å². The van der Waals surface area contributed by atoms with E-state index in [9.17, 15) is 0 Å². The molecule has 0 bridgehead atoms. The van der Waals surface area contributed by atoms with Gasteiger partial charge in [0.15, 0.2) is 0 Å². The molecule has 1 aromatic carbocycles. The predicted molar refractivity (Wildman–Crippen MR) is 71.3 cm³/mol. The van der Waals surface area contributed by atoms with Crippen molar-refractivity contribution in [3.05, 3.63) is 47.0 Å². The second kappa shape index (κ2) is 4.80. The molecule has 0 aliphatic rings. The first-order valence-electron chi connectivity index (χ1n) is 5.63. The second-order valence-corrected chi connectivity index (χ2v) is 4.85. The van der Waals surface area contributed by atoms with E-state index in [1.165, 1.54) is 0 Å². The fourth-order valence-electron chi connectivity index (χ4n) is 1.85. The Morgan fingerprint density at radius 3 is 2.82 bits per heavy atom. The molecular formula is C13H16ClN3. The van der Waals surface area contributed by atoms with Crippen molar-refractivity contribution in [2.45, 2.75) is 26.3 Å². The molecule has 0 atom stereocenters. The minimum absolute atomic E-state index is 0.401. The van der Waals surface area contributed by atoms with Crippen molar-refractivity contribution in [3.63, 3.8) is 0 Å². The second-order valence-electron chi connectivity index (χ2n) is 4.41. The van der Waals surface area contributed by atoms with Crippen LogP contribution in [0.3, 0.4) is 0 Å². The molecule has 0 fully saturated rings. The van der Waals surface area contributed by atoms with Gasteiger partial charge in [0.25, 0.3) is 0 Å². The van der Waals surface area contributed by atoms with E-state index in [1.807, 2.05) is 24.5 Å². The van der Waals surface area contributed by atoms with Gasteiger partial charge in [0.05, 0.1) is 6.54 Å². The summed E-state index contributed by atoms with van der Waals surface area (Å²) in [5, 5.41) is 0.668.